The molecule has 0 atom stereocenters. The molecule has 0 radical (unpaired) electrons. The number of hydrogen-bond donors (Lipinski definition) is 1. The molecule has 1 aliphatic heterocycles. The van der Waals surface area contributed by atoms with Crippen molar-refractivity contribution in [3.05, 3.63) is 96.2 Å². The van der Waals surface area contributed by atoms with Crippen LogP contribution in [0.5, 0.6) is 0 Å². The van der Waals surface area contributed by atoms with Gasteiger partial charge < -0.3 is 9.40 Å². The molecule has 3 heterocycles. The van der Waals surface area contributed by atoms with Crippen molar-refractivity contribution in [2.75, 3.05) is 6.54 Å². The number of H-pyrrole nitrogens is 1. The van der Waals surface area contributed by atoms with E-state index in [0.717, 1.165) is 17.7 Å². The second-order valence-corrected chi connectivity index (χ2v) is 8.97. The van der Waals surface area contributed by atoms with E-state index in [0.29, 0.717) is 51.3 Å². The monoisotopic (exact) mass is 501 g/mol. The maximum atomic E-state index is 13.0. The molecule has 5 rings (SSSR count). The number of aryl methyl sites for hydroxylation is 1. The Morgan fingerprint density at radius 3 is 2.63 bits per heavy atom. The van der Waals surface area contributed by atoms with Gasteiger partial charge in [0, 0.05) is 42.2 Å². The van der Waals surface area contributed by atoms with Gasteiger partial charge in [-0.3, -0.25) is 14.5 Å². The normalized spacial score (nSPS) is 14.3. The number of nitrogens with one attached hydrogen (secondary N) is 1. The molecule has 6 nitrogen and oxygen atoms in total. The Labute approximate surface area is 202 Å². The highest BCUT2D eigenvalue weighted by Gasteiger charge is 2.30. The van der Waals surface area contributed by atoms with Gasteiger partial charge in [-0.25, -0.2) is 4.98 Å². The standard InChI is InChI=1S/C25H19ClF3N3O3/c1-13-8-21-17(9-19(13)26)22(33)15(12-35-21)10-32-7-6-20-18(11-32)24(34)31-23(30-20)14-2-4-16(5-3-14)25(27,28)29/h2-5,8-9,12H,6-7,10-11H2,1H3,(H,30,31,34). The molecule has 180 valence electrons. The van der Waals surface area contributed by atoms with Gasteiger partial charge in [-0.1, -0.05) is 23.7 Å². The Bertz CT molecular complexity index is 1560. The van der Waals surface area contributed by atoms with Crippen LogP contribution >= 0.6 is 11.6 Å². The number of aromatic nitrogens is 2. The van der Waals surface area contributed by atoms with E-state index in [2.05, 4.69) is 9.97 Å². The lowest BCUT2D eigenvalue weighted by Gasteiger charge is -2.27. The molecule has 1 N–H and O–H groups in total. The third-order valence-corrected chi connectivity index (χ3v) is 6.56. The summed E-state index contributed by atoms with van der Waals surface area (Å²) in [7, 11) is 0. The zero-order valence-electron chi connectivity index (χ0n) is 18.5. The molecule has 0 aliphatic carbocycles. The van der Waals surface area contributed by atoms with Crippen molar-refractivity contribution < 1.29 is 17.6 Å². The SMILES string of the molecule is Cc1cc2occ(CN3CCc4nc(-c5ccc(C(F)(F)F)cc5)[nH]c(=O)c4C3)c(=O)c2cc1Cl. The zero-order valence-corrected chi connectivity index (χ0v) is 19.3. The van der Waals surface area contributed by atoms with Crippen LogP contribution in [0.25, 0.3) is 22.4 Å². The predicted octanol–water partition coefficient (Wildman–Crippen LogP) is 5.08. The molecule has 4 aromatic rings. The number of alkyl halides is 3. The van der Waals surface area contributed by atoms with Crippen LogP contribution < -0.4 is 11.0 Å². The summed E-state index contributed by atoms with van der Waals surface area (Å²) in [6.45, 7) is 2.93. The van der Waals surface area contributed by atoms with Crippen molar-refractivity contribution >= 4 is 22.6 Å². The summed E-state index contributed by atoms with van der Waals surface area (Å²) in [5.41, 5.74) is 1.86. The number of rotatable bonds is 3. The van der Waals surface area contributed by atoms with Gasteiger partial charge in [-0.15, -0.1) is 0 Å². The van der Waals surface area contributed by atoms with Gasteiger partial charge in [-0.2, -0.15) is 13.2 Å². The quantitative estimate of drug-likeness (QED) is 0.423. The highest BCUT2D eigenvalue weighted by molar-refractivity contribution is 6.32. The van der Waals surface area contributed by atoms with Crippen LogP contribution in [-0.2, 0) is 25.7 Å². The van der Waals surface area contributed by atoms with Crippen molar-refractivity contribution in [2.45, 2.75) is 32.6 Å². The van der Waals surface area contributed by atoms with Crippen molar-refractivity contribution in [2.24, 2.45) is 0 Å². The molecule has 10 heteroatoms. The summed E-state index contributed by atoms with van der Waals surface area (Å²) in [6, 6.07) is 7.81. The van der Waals surface area contributed by atoms with Crippen LogP contribution in [0.1, 0.15) is 27.9 Å². The van der Waals surface area contributed by atoms with E-state index >= 15 is 0 Å². The topological polar surface area (TPSA) is 79.2 Å². The zero-order chi connectivity index (χ0) is 24.9. The van der Waals surface area contributed by atoms with Gasteiger partial charge in [0.2, 0.25) is 0 Å². The molecule has 0 amide bonds. The third-order valence-electron chi connectivity index (χ3n) is 6.15. The molecule has 2 aromatic carbocycles. The molecule has 0 unspecified atom stereocenters. The van der Waals surface area contributed by atoms with E-state index in [4.69, 9.17) is 16.0 Å². The van der Waals surface area contributed by atoms with Crippen molar-refractivity contribution in [1.29, 1.82) is 0 Å². The second-order valence-electron chi connectivity index (χ2n) is 8.56. The summed E-state index contributed by atoms with van der Waals surface area (Å²) in [6.07, 6.45) is -2.55. The number of benzene rings is 2. The Hall–Kier alpha value is -3.43. The van der Waals surface area contributed by atoms with Gasteiger partial charge in [0.05, 0.1) is 28.5 Å². The molecule has 0 saturated carbocycles. The molecule has 1 aliphatic rings. The first-order chi connectivity index (χ1) is 16.6. The van der Waals surface area contributed by atoms with E-state index in [1.165, 1.54) is 18.4 Å². The van der Waals surface area contributed by atoms with Crippen LogP contribution in [0.2, 0.25) is 5.02 Å². The summed E-state index contributed by atoms with van der Waals surface area (Å²) in [5, 5.41) is 0.881. The molecular weight excluding hydrogens is 483 g/mol. The lowest BCUT2D eigenvalue weighted by atomic mass is 10.0. The number of fused-ring (bicyclic) bond motifs is 2. The molecule has 0 bridgehead atoms. The van der Waals surface area contributed by atoms with Gasteiger partial charge >= 0.3 is 6.18 Å². The van der Waals surface area contributed by atoms with Crippen molar-refractivity contribution in [3.63, 3.8) is 0 Å². The first kappa shape index (κ1) is 23.3. The van der Waals surface area contributed by atoms with Crippen LogP contribution in [0.15, 0.2) is 56.7 Å². The summed E-state index contributed by atoms with van der Waals surface area (Å²) in [4.78, 5) is 34.9. The van der Waals surface area contributed by atoms with E-state index in [-0.39, 0.29) is 29.9 Å². The number of nitrogens with zero attached hydrogens (tertiary/aromatic N) is 2. The Morgan fingerprint density at radius 1 is 1.17 bits per heavy atom. The minimum atomic E-state index is -4.44. The van der Waals surface area contributed by atoms with E-state index in [1.54, 1.807) is 12.1 Å². The number of hydrogen-bond acceptors (Lipinski definition) is 5. The van der Waals surface area contributed by atoms with Crippen molar-refractivity contribution in [1.82, 2.24) is 14.9 Å². The Morgan fingerprint density at radius 2 is 1.91 bits per heavy atom. The second kappa shape index (κ2) is 8.66. The minimum absolute atomic E-state index is 0.177. The fourth-order valence-electron chi connectivity index (χ4n) is 4.21. The maximum Gasteiger partial charge on any atom is 0.416 e. The average Bonchev–Trinajstić information content (AvgIpc) is 2.82. The van der Waals surface area contributed by atoms with Crippen molar-refractivity contribution in [3.8, 4) is 11.4 Å². The van der Waals surface area contributed by atoms with Crippen LogP contribution in [0.3, 0.4) is 0 Å². The fraction of sp³-hybridized carbons (Fsp3) is 0.240. The van der Waals surface area contributed by atoms with Gasteiger partial charge in [0.1, 0.15) is 11.4 Å². The van der Waals surface area contributed by atoms with E-state index in [1.807, 2.05) is 11.8 Å². The number of halogens is 4. The summed E-state index contributed by atoms with van der Waals surface area (Å²) >= 11 is 6.18. The minimum Gasteiger partial charge on any atom is -0.464 e. The predicted molar refractivity (Wildman–Crippen MR) is 125 cm³/mol. The highest BCUT2D eigenvalue weighted by atomic mass is 35.5. The summed E-state index contributed by atoms with van der Waals surface area (Å²) < 4.78 is 44.1. The smallest absolute Gasteiger partial charge is 0.416 e. The van der Waals surface area contributed by atoms with Crippen LogP contribution in [-0.4, -0.2) is 21.4 Å². The third kappa shape index (κ3) is 4.49. The summed E-state index contributed by atoms with van der Waals surface area (Å²) in [5.74, 6) is 0.221. The molecule has 0 spiro atoms. The molecule has 0 saturated heterocycles. The molecule has 2 aromatic heterocycles. The largest absolute Gasteiger partial charge is 0.464 e. The Kier molecular flexibility index (Phi) is 5.77. The Balaban J connectivity index is 1.39. The van der Waals surface area contributed by atoms with Crippen LogP contribution in [0.4, 0.5) is 13.2 Å². The molecule has 0 fully saturated rings. The number of aromatic amines is 1. The molecule has 35 heavy (non-hydrogen) atoms. The highest BCUT2D eigenvalue weighted by Crippen LogP contribution is 2.30. The molecular formula is C25H19ClF3N3O3. The van der Waals surface area contributed by atoms with Gasteiger partial charge in [0.25, 0.3) is 5.56 Å². The van der Waals surface area contributed by atoms with Gasteiger partial charge in [-0.05, 0) is 36.8 Å². The van der Waals surface area contributed by atoms with E-state index in [9.17, 15) is 22.8 Å². The maximum absolute atomic E-state index is 13.0. The van der Waals surface area contributed by atoms with Gasteiger partial charge in [0.15, 0.2) is 5.43 Å². The fourth-order valence-corrected chi connectivity index (χ4v) is 4.37. The van der Waals surface area contributed by atoms with Crippen LogP contribution in [0, 0.1) is 6.92 Å². The van der Waals surface area contributed by atoms with E-state index < -0.39 is 11.7 Å². The first-order valence-corrected chi connectivity index (χ1v) is 11.2. The lowest BCUT2D eigenvalue weighted by Crippen LogP contribution is -2.36. The first-order valence-electron chi connectivity index (χ1n) is 10.8. The average molecular weight is 502 g/mol. The lowest BCUT2D eigenvalue weighted by molar-refractivity contribution is -0.137.